The predicted molar refractivity (Wildman–Crippen MR) is 115 cm³/mol. The second-order valence-electron chi connectivity index (χ2n) is 8.08. The van der Waals surface area contributed by atoms with Crippen molar-refractivity contribution in [3.05, 3.63) is 42.5 Å². The summed E-state index contributed by atoms with van der Waals surface area (Å²) in [5.41, 5.74) is -1.30. The molecule has 29 heavy (non-hydrogen) atoms. The summed E-state index contributed by atoms with van der Waals surface area (Å²) < 4.78 is 11.7. The van der Waals surface area contributed by atoms with E-state index < -0.39 is 17.2 Å². The second-order valence-corrected chi connectivity index (χ2v) is 8.08. The van der Waals surface area contributed by atoms with Crippen molar-refractivity contribution in [3.8, 4) is 5.75 Å². The van der Waals surface area contributed by atoms with E-state index in [1.807, 2.05) is 49.4 Å². The van der Waals surface area contributed by atoms with Crippen LogP contribution >= 0.6 is 12.4 Å². The van der Waals surface area contributed by atoms with E-state index in [9.17, 15) is 9.90 Å². The molecule has 7 heteroatoms. The van der Waals surface area contributed by atoms with Crippen molar-refractivity contribution in [2.24, 2.45) is 0 Å². The van der Waals surface area contributed by atoms with Gasteiger partial charge in [-0.25, -0.2) is 0 Å². The molecule has 0 unspecified atom stereocenters. The maximum absolute atomic E-state index is 12.6. The number of aliphatic hydroxyl groups is 1. The average Bonchev–Trinajstić information content (AvgIpc) is 2.71. The number of nitrogens with one attached hydrogen (secondary N) is 2. The van der Waals surface area contributed by atoms with Gasteiger partial charge in [-0.1, -0.05) is 30.3 Å². The predicted octanol–water partition coefficient (Wildman–Crippen LogP) is 2.42. The van der Waals surface area contributed by atoms with Crippen LogP contribution in [0.5, 0.6) is 5.75 Å². The van der Waals surface area contributed by atoms with Gasteiger partial charge in [0.15, 0.2) is 6.61 Å². The number of halogens is 1. The van der Waals surface area contributed by atoms with Crippen LogP contribution in [0.4, 0.5) is 0 Å². The van der Waals surface area contributed by atoms with E-state index in [2.05, 4.69) is 10.6 Å². The van der Waals surface area contributed by atoms with Crippen LogP contribution in [0.15, 0.2) is 42.5 Å². The number of ether oxygens (including phenoxy) is 2. The van der Waals surface area contributed by atoms with Gasteiger partial charge in [0.25, 0.3) is 5.91 Å². The van der Waals surface area contributed by atoms with Crippen LogP contribution in [0.3, 0.4) is 0 Å². The maximum Gasteiger partial charge on any atom is 0.258 e. The first-order chi connectivity index (χ1) is 13.5. The van der Waals surface area contributed by atoms with Crippen LogP contribution in [0.1, 0.15) is 26.2 Å². The zero-order valence-electron chi connectivity index (χ0n) is 16.6. The Balaban J connectivity index is 0.00000240. The van der Waals surface area contributed by atoms with Gasteiger partial charge in [-0.15, -0.1) is 12.4 Å². The lowest BCUT2D eigenvalue weighted by molar-refractivity contribution is -0.200. The van der Waals surface area contributed by atoms with Crippen LogP contribution in [0.2, 0.25) is 0 Å². The molecule has 3 N–H and O–H groups in total. The second kappa shape index (κ2) is 8.88. The van der Waals surface area contributed by atoms with Crippen molar-refractivity contribution in [1.82, 2.24) is 10.6 Å². The quantitative estimate of drug-likeness (QED) is 0.707. The summed E-state index contributed by atoms with van der Waals surface area (Å²) in [6.07, 6.45) is 1.31. The number of carbonyl (C=O) groups excluding carboxylic acids is 1. The van der Waals surface area contributed by atoms with Crippen LogP contribution in [-0.4, -0.2) is 54.6 Å². The fourth-order valence-electron chi connectivity index (χ4n) is 4.42. The molecule has 1 spiro atoms. The van der Waals surface area contributed by atoms with Crippen LogP contribution < -0.4 is 15.4 Å². The number of amides is 1. The van der Waals surface area contributed by atoms with Gasteiger partial charge in [-0.2, -0.15) is 0 Å². The van der Waals surface area contributed by atoms with Crippen molar-refractivity contribution < 1.29 is 19.4 Å². The zero-order valence-corrected chi connectivity index (χ0v) is 17.5. The molecule has 158 valence electrons. The maximum atomic E-state index is 12.6. The van der Waals surface area contributed by atoms with Crippen LogP contribution in [0, 0.1) is 0 Å². The van der Waals surface area contributed by atoms with Gasteiger partial charge in [0.2, 0.25) is 0 Å². The van der Waals surface area contributed by atoms with Gasteiger partial charge in [0, 0.05) is 6.61 Å². The molecule has 2 fully saturated rings. The molecule has 0 aliphatic carbocycles. The Morgan fingerprint density at radius 2 is 1.93 bits per heavy atom. The highest BCUT2D eigenvalue weighted by molar-refractivity contribution is 5.85. The molecule has 2 aromatic carbocycles. The molecule has 2 aromatic rings. The normalized spacial score (nSPS) is 25.9. The Labute approximate surface area is 177 Å². The minimum absolute atomic E-state index is 0. The smallest absolute Gasteiger partial charge is 0.258 e. The molecular weight excluding hydrogens is 392 g/mol. The fourth-order valence-corrected chi connectivity index (χ4v) is 4.42. The van der Waals surface area contributed by atoms with Gasteiger partial charge < -0.3 is 25.2 Å². The number of aliphatic hydroxyl groups excluding tert-OH is 1. The van der Waals surface area contributed by atoms with Crippen LogP contribution in [0.25, 0.3) is 10.8 Å². The third kappa shape index (κ3) is 4.51. The highest BCUT2D eigenvalue weighted by Gasteiger charge is 2.53. The van der Waals surface area contributed by atoms with E-state index in [-0.39, 0.29) is 24.9 Å². The van der Waals surface area contributed by atoms with E-state index in [4.69, 9.17) is 9.47 Å². The molecular formula is C22H29ClN2O4. The summed E-state index contributed by atoms with van der Waals surface area (Å²) in [4.78, 5) is 12.6. The Morgan fingerprint density at radius 3 is 2.69 bits per heavy atom. The number of benzene rings is 2. The van der Waals surface area contributed by atoms with Crippen LogP contribution in [-0.2, 0) is 9.53 Å². The fraction of sp³-hybridized carbons (Fsp3) is 0.500. The highest BCUT2D eigenvalue weighted by Crippen LogP contribution is 2.38. The van der Waals surface area contributed by atoms with Gasteiger partial charge in [-0.3, -0.25) is 4.79 Å². The molecule has 1 amide bonds. The summed E-state index contributed by atoms with van der Waals surface area (Å²) >= 11 is 0. The van der Waals surface area contributed by atoms with E-state index >= 15 is 0 Å². The third-order valence-electron chi connectivity index (χ3n) is 6.08. The lowest BCUT2D eigenvalue weighted by Gasteiger charge is -2.52. The molecule has 2 heterocycles. The summed E-state index contributed by atoms with van der Waals surface area (Å²) in [7, 11) is 0. The number of fused-ring (bicyclic) bond motifs is 1. The van der Waals surface area contributed by atoms with Gasteiger partial charge in [0.05, 0.1) is 11.1 Å². The monoisotopic (exact) mass is 420 g/mol. The van der Waals surface area contributed by atoms with Gasteiger partial charge in [-0.05, 0) is 62.2 Å². The summed E-state index contributed by atoms with van der Waals surface area (Å²) in [6, 6.07) is 13.8. The molecule has 0 bridgehead atoms. The largest absolute Gasteiger partial charge is 0.484 e. The Morgan fingerprint density at radius 1 is 1.21 bits per heavy atom. The lowest BCUT2D eigenvalue weighted by Crippen LogP contribution is -2.69. The number of piperidine rings is 1. The Bertz CT molecular complexity index is 850. The van der Waals surface area contributed by atoms with Gasteiger partial charge in [0.1, 0.15) is 11.9 Å². The first-order valence-electron chi connectivity index (χ1n) is 9.96. The van der Waals surface area contributed by atoms with Crippen molar-refractivity contribution in [1.29, 1.82) is 0 Å². The number of hydrogen-bond donors (Lipinski definition) is 3. The van der Waals surface area contributed by atoms with Crippen molar-refractivity contribution in [2.75, 3.05) is 26.3 Å². The van der Waals surface area contributed by atoms with E-state index in [0.717, 1.165) is 36.7 Å². The molecule has 2 aliphatic rings. The molecule has 2 atom stereocenters. The van der Waals surface area contributed by atoms with E-state index in [0.29, 0.717) is 18.8 Å². The molecule has 2 aliphatic heterocycles. The van der Waals surface area contributed by atoms with Crippen molar-refractivity contribution in [2.45, 2.75) is 43.4 Å². The summed E-state index contributed by atoms with van der Waals surface area (Å²) in [6.45, 7) is 3.96. The molecule has 4 rings (SSSR count). The standard InChI is InChI=1S/C22H28N2O4.ClH/c1-21(10-13-28-22(20(21)26)8-11-23-12-9-22)24-19(25)15-27-18-7-6-16-4-2-3-5-17(16)14-18;/h2-7,14,20,23,26H,8-13,15H2,1H3,(H,24,25);1H/t20-,21+;/m0./s1. The average molecular weight is 421 g/mol. The summed E-state index contributed by atoms with van der Waals surface area (Å²) in [5.74, 6) is 0.419. The molecule has 0 radical (unpaired) electrons. The number of carbonyl (C=O) groups is 1. The van der Waals surface area contributed by atoms with Gasteiger partial charge >= 0.3 is 0 Å². The Kier molecular flexibility index (Phi) is 6.69. The third-order valence-corrected chi connectivity index (χ3v) is 6.08. The SMILES string of the molecule is C[C@@]1(NC(=O)COc2ccc3ccccc3c2)CCOC2(CCNCC2)[C@H]1O.Cl. The topological polar surface area (TPSA) is 79.8 Å². The van der Waals surface area contributed by atoms with Crippen molar-refractivity contribution >= 4 is 29.1 Å². The molecule has 0 saturated carbocycles. The Hall–Kier alpha value is -1.86. The number of hydrogen-bond acceptors (Lipinski definition) is 5. The minimum Gasteiger partial charge on any atom is -0.484 e. The zero-order chi connectivity index (χ0) is 19.6. The first kappa shape index (κ1) is 21.8. The van der Waals surface area contributed by atoms with E-state index in [1.165, 1.54) is 0 Å². The number of rotatable bonds is 4. The molecule has 0 aromatic heterocycles. The van der Waals surface area contributed by atoms with E-state index in [1.54, 1.807) is 0 Å². The van der Waals surface area contributed by atoms with Crippen molar-refractivity contribution in [3.63, 3.8) is 0 Å². The summed E-state index contributed by atoms with van der Waals surface area (Å²) in [5, 5.41) is 19.6. The highest BCUT2D eigenvalue weighted by atomic mass is 35.5. The lowest BCUT2D eigenvalue weighted by atomic mass is 9.73. The molecule has 2 saturated heterocycles. The molecule has 6 nitrogen and oxygen atoms in total. The minimum atomic E-state index is -0.750. The first-order valence-corrected chi connectivity index (χ1v) is 9.96.